The van der Waals surface area contributed by atoms with E-state index in [4.69, 9.17) is 28.3 Å². The largest absolute Gasteiger partial charge is 0.477 e. The Kier molecular flexibility index (Phi) is 4.59. The molecule has 0 fully saturated rings. The fourth-order valence-electron chi connectivity index (χ4n) is 1.15. The van der Waals surface area contributed by atoms with Crippen LogP contribution >= 0.6 is 34.5 Å². The first-order valence-corrected chi connectivity index (χ1v) is 6.27. The zero-order chi connectivity index (χ0) is 12.3. The van der Waals surface area contributed by atoms with Crippen molar-refractivity contribution in [3.05, 3.63) is 33.1 Å². The van der Waals surface area contributed by atoms with E-state index in [1.165, 1.54) is 0 Å². The quantitative estimate of drug-likeness (QED) is 0.802. The van der Waals surface area contributed by atoms with E-state index < -0.39 is 5.97 Å². The lowest BCUT2D eigenvalue weighted by molar-refractivity contribution is 0.0702. The Morgan fingerprint density at radius 2 is 1.94 bits per heavy atom. The van der Waals surface area contributed by atoms with Gasteiger partial charge in [0.15, 0.2) is 0 Å². The Morgan fingerprint density at radius 3 is 2.50 bits per heavy atom. The predicted molar refractivity (Wildman–Crippen MR) is 70.2 cm³/mol. The third kappa shape index (κ3) is 2.48. The van der Waals surface area contributed by atoms with Crippen LogP contribution in [-0.2, 0) is 0 Å². The van der Waals surface area contributed by atoms with Gasteiger partial charge in [0, 0.05) is 0 Å². The van der Waals surface area contributed by atoms with E-state index in [0.717, 1.165) is 21.4 Å². The van der Waals surface area contributed by atoms with E-state index in [1.807, 2.05) is 13.8 Å². The van der Waals surface area contributed by atoms with Gasteiger partial charge >= 0.3 is 5.97 Å². The Hall–Kier alpha value is -0.770. The Bertz CT molecular complexity index is 520. The lowest BCUT2D eigenvalue weighted by Gasteiger charge is -1.94. The maximum Gasteiger partial charge on any atom is 0.345 e. The Balaban J connectivity index is 0.000000606. The number of benzene rings is 1. The summed E-state index contributed by atoms with van der Waals surface area (Å²) in [6, 6.07) is 5.00. The van der Waals surface area contributed by atoms with Gasteiger partial charge in [0.2, 0.25) is 0 Å². The average Bonchev–Trinajstić information content (AvgIpc) is 2.71. The lowest BCUT2D eigenvalue weighted by Crippen LogP contribution is -1.89. The molecule has 0 radical (unpaired) electrons. The van der Waals surface area contributed by atoms with E-state index in [-0.39, 0.29) is 4.88 Å². The third-order valence-corrected chi connectivity index (χ3v) is 3.86. The molecular formula is C11H10Cl2O2S. The highest BCUT2D eigenvalue weighted by Crippen LogP contribution is 2.36. The highest BCUT2D eigenvalue weighted by molar-refractivity contribution is 7.21. The van der Waals surface area contributed by atoms with Gasteiger partial charge in [-0.1, -0.05) is 43.1 Å². The molecule has 0 atom stereocenters. The van der Waals surface area contributed by atoms with Crippen LogP contribution in [-0.4, -0.2) is 11.1 Å². The van der Waals surface area contributed by atoms with Gasteiger partial charge < -0.3 is 5.11 Å². The topological polar surface area (TPSA) is 37.3 Å². The first-order chi connectivity index (χ1) is 7.59. The summed E-state index contributed by atoms with van der Waals surface area (Å²) in [6.45, 7) is 4.00. The van der Waals surface area contributed by atoms with E-state index in [1.54, 1.807) is 18.2 Å². The van der Waals surface area contributed by atoms with Gasteiger partial charge in [-0.05, 0) is 17.5 Å². The maximum atomic E-state index is 10.7. The second-order valence-electron chi connectivity index (χ2n) is 2.70. The highest BCUT2D eigenvalue weighted by Gasteiger charge is 2.11. The van der Waals surface area contributed by atoms with Crippen molar-refractivity contribution in [3.8, 4) is 0 Å². The summed E-state index contributed by atoms with van der Waals surface area (Å²) >= 11 is 12.9. The van der Waals surface area contributed by atoms with Crippen LogP contribution in [0.25, 0.3) is 10.1 Å². The Labute approximate surface area is 107 Å². The molecule has 2 rings (SSSR count). The first-order valence-electron chi connectivity index (χ1n) is 4.70. The van der Waals surface area contributed by atoms with Gasteiger partial charge in [-0.15, -0.1) is 11.3 Å². The number of hydrogen-bond donors (Lipinski definition) is 1. The number of carboxylic acids is 1. The van der Waals surface area contributed by atoms with Crippen LogP contribution < -0.4 is 0 Å². The van der Waals surface area contributed by atoms with Gasteiger partial charge in [-0.3, -0.25) is 0 Å². The number of fused-ring (bicyclic) bond motifs is 1. The Morgan fingerprint density at radius 1 is 1.31 bits per heavy atom. The number of carbonyl (C=O) groups is 1. The van der Waals surface area contributed by atoms with Crippen molar-refractivity contribution in [3.63, 3.8) is 0 Å². The molecule has 0 aliphatic rings. The molecule has 1 heterocycles. The molecule has 1 aromatic carbocycles. The number of aromatic carboxylic acids is 1. The van der Waals surface area contributed by atoms with Crippen LogP contribution in [0.4, 0.5) is 0 Å². The molecule has 0 amide bonds. The lowest BCUT2D eigenvalue weighted by atomic mass is 10.2. The molecule has 1 N–H and O–H groups in total. The van der Waals surface area contributed by atoms with Crippen molar-refractivity contribution >= 4 is 50.6 Å². The summed E-state index contributed by atoms with van der Waals surface area (Å²) in [4.78, 5) is 11.0. The van der Waals surface area contributed by atoms with Crippen molar-refractivity contribution < 1.29 is 9.90 Å². The summed E-state index contributed by atoms with van der Waals surface area (Å²) < 4.78 is 0.719. The van der Waals surface area contributed by atoms with Crippen molar-refractivity contribution in [2.24, 2.45) is 0 Å². The monoisotopic (exact) mass is 276 g/mol. The van der Waals surface area contributed by atoms with E-state index in [9.17, 15) is 4.79 Å². The molecule has 0 spiro atoms. The molecule has 1 aromatic heterocycles. The van der Waals surface area contributed by atoms with Gasteiger partial charge in [-0.2, -0.15) is 0 Å². The van der Waals surface area contributed by atoms with Gasteiger partial charge in [0.25, 0.3) is 0 Å². The summed E-state index contributed by atoms with van der Waals surface area (Å²) in [5, 5.41) is 10.4. The van der Waals surface area contributed by atoms with Crippen molar-refractivity contribution in [2.45, 2.75) is 13.8 Å². The van der Waals surface area contributed by atoms with Crippen LogP contribution in [0.5, 0.6) is 0 Å². The molecule has 86 valence electrons. The summed E-state index contributed by atoms with van der Waals surface area (Å²) in [6.07, 6.45) is 0. The molecule has 5 heteroatoms. The summed E-state index contributed by atoms with van der Waals surface area (Å²) in [7, 11) is 0. The normalized spacial score (nSPS) is 9.75. The minimum Gasteiger partial charge on any atom is -0.477 e. The molecule has 0 aliphatic carbocycles. The molecule has 2 aromatic rings. The molecule has 0 saturated heterocycles. The van der Waals surface area contributed by atoms with E-state index in [0.29, 0.717) is 10.0 Å². The van der Waals surface area contributed by atoms with Crippen LogP contribution in [0.15, 0.2) is 18.2 Å². The number of hydrogen-bond acceptors (Lipinski definition) is 2. The SMILES string of the molecule is CC.O=C(O)c1cc2ccc(Cl)c(Cl)c2s1. The van der Waals surface area contributed by atoms with Crippen LogP contribution in [0.1, 0.15) is 23.5 Å². The molecule has 0 saturated carbocycles. The van der Waals surface area contributed by atoms with Crippen LogP contribution in [0.2, 0.25) is 10.0 Å². The van der Waals surface area contributed by atoms with Gasteiger partial charge in [-0.25, -0.2) is 4.79 Å². The highest BCUT2D eigenvalue weighted by atomic mass is 35.5. The fraction of sp³-hybridized carbons (Fsp3) is 0.182. The third-order valence-electron chi connectivity index (χ3n) is 1.79. The average molecular weight is 277 g/mol. The van der Waals surface area contributed by atoms with Crippen molar-refractivity contribution in [1.29, 1.82) is 0 Å². The fourth-order valence-corrected chi connectivity index (χ4v) is 2.59. The van der Waals surface area contributed by atoms with Gasteiger partial charge in [0.05, 0.1) is 14.7 Å². The molecule has 16 heavy (non-hydrogen) atoms. The molecule has 0 aliphatic heterocycles. The van der Waals surface area contributed by atoms with Gasteiger partial charge in [0.1, 0.15) is 4.88 Å². The first kappa shape index (κ1) is 13.3. The maximum absolute atomic E-state index is 10.7. The van der Waals surface area contributed by atoms with E-state index in [2.05, 4.69) is 0 Å². The number of thiophene rings is 1. The zero-order valence-electron chi connectivity index (χ0n) is 8.75. The minimum absolute atomic E-state index is 0.268. The number of halogens is 2. The smallest absolute Gasteiger partial charge is 0.345 e. The van der Waals surface area contributed by atoms with E-state index >= 15 is 0 Å². The van der Waals surface area contributed by atoms with Crippen LogP contribution in [0, 0.1) is 0 Å². The van der Waals surface area contributed by atoms with Crippen molar-refractivity contribution in [2.75, 3.05) is 0 Å². The number of carboxylic acid groups (broad SMARTS) is 1. The molecule has 0 bridgehead atoms. The van der Waals surface area contributed by atoms with Crippen molar-refractivity contribution in [1.82, 2.24) is 0 Å². The molecule has 0 unspecified atom stereocenters. The second-order valence-corrected chi connectivity index (χ2v) is 4.53. The summed E-state index contributed by atoms with van der Waals surface area (Å²) in [5.74, 6) is -0.946. The second kappa shape index (κ2) is 5.53. The molecular weight excluding hydrogens is 267 g/mol. The standard InChI is InChI=1S/C9H4Cl2O2S.C2H6/c10-5-2-1-4-3-6(9(12)13)14-8(4)7(5)11;1-2/h1-3H,(H,12,13);1-2H3. The minimum atomic E-state index is -0.946. The zero-order valence-corrected chi connectivity index (χ0v) is 11.1. The molecule has 2 nitrogen and oxygen atoms in total. The number of rotatable bonds is 1. The summed E-state index contributed by atoms with van der Waals surface area (Å²) in [5.41, 5.74) is 0. The van der Waals surface area contributed by atoms with Crippen LogP contribution in [0.3, 0.4) is 0 Å². The predicted octanol–water partition coefficient (Wildman–Crippen LogP) is 4.93.